The van der Waals surface area contributed by atoms with Crippen LogP contribution in [-0.4, -0.2) is 14.7 Å². The number of benzene rings is 1. The molecule has 0 spiro atoms. The zero-order valence-corrected chi connectivity index (χ0v) is 13.9. The maximum atomic E-state index is 9.36. The molecule has 1 heterocycles. The molecule has 1 aromatic heterocycles. The Bertz CT molecular complexity index is 606. The minimum atomic E-state index is -0.0763. The van der Waals surface area contributed by atoms with E-state index in [1.54, 1.807) is 17.8 Å². The molecule has 0 amide bonds. The second kappa shape index (κ2) is 6.39. The number of rotatable bonds is 4. The van der Waals surface area contributed by atoms with Gasteiger partial charge < -0.3 is 9.67 Å². The third-order valence-electron chi connectivity index (χ3n) is 2.90. The molecule has 0 atom stereocenters. The molecule has 0 aliphatic heterocycles. The van der Waals surface area contributed by atoms with Crippen molar-refractivity contribution in [2.75, 3.05) is 0 Å². The van der Waals surface area contributed by atoms with Crippen molar-refractivity contribution in [3.05, 3.63) is 39.8 Å². The van der Waals surface area contributed by atoms with Crippen molar-refractivity contribution in [1.29, 1.82) is 0 Å². The lowest BCUT2D eigenvalue weighted by molar-refractivity contribution is 0.266. The Hall–Kier alpha value is -0.680. The van der Waals surface area contributed by atoms with Crippen LogP contribution in [0.2, 0.25) is 10.0 Å². The summed E-state index contributed by atoms with van der Waals surface area (Å²) in [4.78, 5) is 5.45. The third-order valence-corrected chi connectivity index (χ3v) is 4.48. The number of hydrogen-bond acceptors (Lipinski definition) is 3. The van der Waals surface area contributed by atoms with Gasteiger partial charge in [-0.2, -0.15) is 0 Å². The zero-order chi connectivity index (χ0) is 14.9. The van der Waals surface area contributed by atoms with Gasteiger partial charge in [-0.3, -0.25) is 0 Å². The SMILES string of the molecule is CC(C)c1nc(CO)n(C)c1Sc1cc(Cl)cc(Cl)c1. The topological polar surface area (TPSA) is 38.1 Å². The predicted molar refractivity (Wildman–Crippen MR) is 83.8 cm³/mol. The number of halogens is 2. The molecule has 0 saturated heterocycles. The van der Waals surface area contributed by atoms with Crippen LogP contribution in [0.5, 0.6) is 0 Å². The zero-order valence-electron chi connectivity index (χ0n) is 11.5. The minimum absolute atomic E-state index is 0.0763. The van der Waals surface area contributed by atoms with Crippen molar-refractivity contribution in [2.24, 2.45) is 7.05 Å². The first kappa shape index (κ1) is 15.7. The fourth-order valence-electron chi connectivity index (χ4n) is 1.89. The molecular weight excluding hydrogens is 315 g/mol. The van der Waals surface area contributed by atoms with Crippen LogP contribution in [0.4, 0.5) is 0 Å². The number of aliphatic hydroxyl groups excluding tert-OH is 1. The molecule has 3 nitrogen and oxygen atoms in total. The Morgan fingerprint density at radius 2 is 1.85 bits per heavy atom. The number of nitrogens with zero attached hydrogens (tertiary/aromatic N) is 2. The van der Waals surface area contributed by atoms with Crippen molar-refractivity contribution in [2.45, 2.75) is 36.3 Å². The number of hydrogen-bond donors (Lipinski definition) is 1. The van der Waals surface area contributed by atoms with Crippen LogP contribution in [0.1, 0.15) is 31.3 Å². The first-order chi connectivity index (χ1) is 9.42. The maximum Gasteiger partial charge on any atom is 0.135 e. The van der Waals surface area contributed by atoms with E-state index < -0.39 is 0 Å². The average Bonchev–Trinajstić information content (AvgIpc) is 2.65. The first-order valence-electron chi connectivity index (χ1n) is 6.22. The largest absolute Gasteiger partial charge is 0.388 e. The summed E-state index contributed by atoms with van der Waals surface area (Å²) in [5, 5.41) is 11.6. The normalized spacial score (nSPS) is 11.3. The second-order valence-electron chi connectivity index (χ2n) is 4.80. The summed E-state index contributed by atoms with van der Waals surface area (Å²) in [6, 6.07) is 5.45. The van der Waals surface area contributed by atoms with E-state index in [9.17, 15) is 5.11 Å². The first-order valence-corrected chi connectivity index (χ1v) is 7.80. The number of aromatic nitrogens is 2. The molecule has 1 aromatic carbocycles. The Morgan fingerprint density at radius 3 is 2.35 bits per heavy atom. The second-order valence-corrected chi connectivity index (χ2v) is 6.73. The molecule has 2 rings (SSSR count). The molecule has 6 heteroatoms. The fourth-order valence-corrected chi connectivity index (χ4v) is 3.77. The summed E-state index contributed by atoms with van der Waals surface area (Å²) in [5.41, 5.74) is 0.970. The van der Waals surface area contributed by atoms with Gasteiger partial charge in [0.1, 0.15) is 17.5 Å². The van der Waals surface area contributed by atoms with Gasteiger partial charge >= 0.3 is 0 Å². The Morgan fingerprint density at radius 1 is 1.25 bits per heavy atom. The molecule has 0 bridgehead atoms. The fraction of sp³-hybridized carbons (Fsp3) is 0.357. The molecule has 108 valence electrons. The highest BCUT2D eigenvalue weighted by atomic mass is 35.5. The summed E-state index contributed by atoms with van der Waals surface area (Å²) in [7, 11) is 1.90. The molecule has 0 aliphatic carbocycles. The summed E-state index contributed by atoms with van der Waals surface area (Å²) >= 11 is 13.6. The smallest absolute Gasteiger partial charge is 0.135 e. The summed E-state index contributed by atoms with van der Waals surface area (Å²) in [6.45, 7) is 4.09. The van der Waals surface area contributed by atoms with Crippen molar-refractivity contribution in [1.82, 2.24) is 9.55 Å². The van der Waals surface area contributed by atoms with Gasteiger partial charge in [0.05, 0.1) is 5.69 Å². The molecule has 0 saturated carbocycles. The van der Waals surface area contributed by atoms with Gasteiger partial charge in [-0.1, -0.05) is 48.8 Å². The lowest BCUT2D eigenvalue weighted by Gasteiger charge is -2.09. The molecule has 0 fully saturated rings. The monoisotopic (exact) mass is 330 g/mol. The van der Waals surface area contributed by atoms with Crippen LogP contribution in [-0.2, 0) is 13.7 Å². The molecule has 1 N–H and O–H groups in total. The molecule has 20 heavy (non-hydrogen) atoms. The average molecular weight is 331 g/mol. The quantitative estimate of drug-likeness (QED) is 0.897. The Balaban J connectivity index is 2.44. The third kappa shape index (κ3) is 3.31. The van der Waals surface area contributed by atoms with Crippen LogP contribution < -0.4 is 0 Å². The molecule has 0 aliphatic rings. The van der Waals surface area contributed by atoms with Crippen molar-refractivity contribution in [3.63, 3.8) is 0 Å². The number of imidazole rings is 1. The van der Waals surface area contributed by atoms with E-state index in [1.165, 1.54) is 0 Å². The Kier molecular flexibility index (Phi) is 5.02. The highest BCUT2D eigenvalue weighted by Crippen LogP contribution is 2.36. The van der Waals surface area contributed by atoms with Crippen LogP contribution >= 0.6 is 35.0 Å². The highest BCUT2D eigenvalue weighted by molar-refractivity contribution is 7.99. The lowest BCUT2D eigenvalue weighted by atomic mass is 10.2. The summed E-state index contributed by atoms with van der Waals surface area (Å²) in [6.07, 6.45) is 0. The van der Waals surface area contributed by atoms with Gasteiger partial charge in [0.25, 0.3) is 0 Å². The van der Waals surface area contributed by atoms with E-state index >= 15 is 0 Å². The van der Waals surface area contributed by atoms with Crippen molar-refractivity contribution >= 4 is 35.0 Å². The van der Waals surface area contributed by atoms with E-state index in [-0.39, 0.29) is 12.5 Å². The molecule has 0 unspecified atom stereocenters. The Labute approximate surface area is 132 Å². The summed E-state index contributed by atoms with van der Waals surface area (Å²) < 4.78 is 1.91. The van der Waals surface area contributed by atoms with Crippen LogP contribution in [0.15, 0.2) is 28.1 Å². The van der Waals surface area contributed by atoms with E-state index in [1.807, 2.05) is 23.7 Å². The van der Waals surface area contributed by atoms with Crippen molar-refractivity contribution in [3.8, 4) is 0 Å². The number of aliphatic hydroxyl groups is 1. The van der Waals surface area contributed by atoms with E-state index in [0.717, 1.165) is 15.6 Å². The minimum Gasteiger partial charge on any atom is -0.388 e. The van der Waals surface area contributed by atoms with Crippen LogP contribution in [0, 0.1) is 0 Å². The van der Waals surface area contributed by atoms with Gasteiger partial charge in [-0.05, 0) is 24.1 Å². The van der Waals surface area contributed by atoms with Crippen LogP contribution in [0.3, 0.4) is 0 Å². The standard InChI is InChI=1S/C14H16Cl2N2OS/c1-8(2)13-14(18(3)12(7-19)17-13)20-11-5-9(15)4-10(16)6-11/h4-6,8,19H,7H2,1-3H3. The predicted octanol–water partition coefficient (Wildman–Crippen LogP) is 4.49. The summed E-state index contributed by atoms with van der Waals surface area (Å²) in [5.74, 6) is 0.933. The van der Waals surface area contributed by atoms with Gasteiger partial charge in [0.2, 0.25) is 0 Å². The van der Waals surface area contributed by atoms with E-state index in [0.29, 0.717) is 15.9 Å². The molecular formula is C14H16Cl2N2OS. The van der Waals surface area contributed by atoms with E-state index in [2.05, 4.69) is 18.8 Å². The van der Waals surface area contributed by atoms with Crippen LogP contribution in [0.25, 0.3) is 0 Å². The maximum absolute atomic E-state index is 9.36. The molecule has 2 aromatic rings. The van der Waals surface area contributed by atoms with E-state index in [4.69, 9.17) is 23.2 Å². The molecule has 0 radical (unpaired) electrons. The van der Waals surface area contributed by atoms with Crippen molar-refractivity contribution < 1.29 is 5.11 Å². The lowest BCUT2D eigenvalue weighted by Crippen LogP contribution is -1.98. The highest BCUT2D eigenvalue weighted by Gasteiger charge is 2.18. The van der Waals surface area contributed by atoms with Gasteiger partial charge in [-0.25, -0.2) is 4.98 Å². The van der Waals surface area contributed by atoms with Gasteiger partial charge in [0.15, 0.2) is 0 Å². The van der Waals surface area contributed by atoms with Gasteiger partial charge in [-0.15, -0.1) is 0 Å². The van der Waals surface area contributed by atoms with Gasteiger partial charge in [0, 0.05) is 22.0 Å².